The number of carbonyl (C=O) groups is 1. The summed E-state index contributed by atoms with van der Waals surface area (Å²) in [4.78, 5) is 23.2. The predicted octanol–water partition coefficient (Wildman–Crippen LogP) is 3.32. The van der Waals surface area contributed by atoms with Gasteiger partial charge in [-0.05, 0) is 36.2 Å². The van der Waals surface area contributed by atoms with Gasteiger partial charge in [-0.3, -0.25) is 9.69 Å². The number of hydrogen-bond donors (Lipinski definition) is 1. The number of likely N-dealkylation sites (N-methyl/N-ethyl adjacent to an activating group) is 1. The zero-order valence-electron chi connectivity index (χ0n) is 19.4. The fraction of sp³-hybridized carbons (Fsp3) is 0.520. The van der Waals surface area contributed by atoms with Crippen LogP contribution in [0.5, 0.6) is 0 Å². The van der Waals surface area contributed by atoms with Crippen molar-refractivity contribution in [1.29, 1.82) is 0 Å². The summed E-state index contributed by atoms with van der Waals surface area (Å²) in [7, 11) is 1.78. The third-order valence-electron chi connectivity index (χ3n) is 6.54. The topological polar surface area (TPSA) is 51.7 Å². The fourth-order valence-corrected chi connectivity index (χ4v) is 4.45. The van der Waals surface area contributed by atoms with Gasteiger partial charge in [0.25, 0.3) is 5.92 Å². The van der Waals surface area contributed by atoms with E-state index < -0.39 is 5.92 Å². The molecule has 0 radical (unpaired) electrons. The van der Waals surface area contributed by atoms with Crippen LogP contribution in [0.25, 0.3) is 0 Å². The number of amides is 1. The molecule has 1 atom stereocenters. The second-order valence-electron chi connectivity index (χ2n) is 9.25. The van der Waals surface area contributed by atoms with Crippen LogP contribution in [-0.2, 0) is 17.8 Å². The predicted molar refractivity (Wildman–Crippen MR) is 127 cm³/mol. The molecule has 8 heteroatoms. The van der Waals surface area contributed by atoms with Crippen LogP contribution in [0, 0.1) is 0 Å². The van der Waals surface area contributed by atoms with Gasteiger partial charge >= 0.3 is 0 Å². The molecule has 3 heterocycles. The summed E-state index contributed by atoms with van der Waals surface area (Å²) in [6.45, 7) is 6.80. The van der Waals surface area contributed by atoms with Gasteiger partial charge in [0.1, 0.15) is 5.82 Å². The number of carbonyl (C=O) groups excluding carboxylic acids is 1. The van der Waals surface area contributed by atoms with E-state index in [2.05, 4.69) is 34.3 Å². The third kappa shape index (κ3) is 6.26. The average molecular weight is 458 g/mol. The highest BCUT2D eigenvalue weighted by atomic mass is 19.3. The first kappa shape index (κ1) is 23.6. The Hall–Kier alpha value is -2.58. The van der Waals surface area contributed by atoms with E-state index in [0.29, 0.717) is 24.9 Å². The molecule has 1 aromatic carbocycles. The van der Waals surface area contributed by atoms with E-state index in [1.807, 2.05) is 29.2 Å². The summed E-state index contributed by atoms with van der Waals surface area (Å²) in [5.74, 6) is -1.91. The van der Waals surface area contributed by atoms with E-state index in [1.165, 1.54) is 5.56 Å². The molecular formula is C25H33F2N5O. The molecule has 4 rings (SSSR count). The lowest BCUT2D eigenvalue weighted by atomic mass is 10.1. The van der Waals surface area contributed by atoms with E-state index in [9.17, 15) is 13.6 Å². The Bertz CT molecular complexity index is 925. The number of anilines is 2. The molecule has 1 N–H and O–H groups in total. The zero-order chi connectivity index (χ0) is 23.4. The molecule has 2 aliphatic heterocycles. The smallest absolute Gasteiger partial charge is 0.251 e. The summed E-state index contributed by atoms with van der Waals surface area (Å²) < 4.78 is 26.7. The van der Waals surface area contributed by atoms with Crippen LogP contribution < -0.4 is 15.1 Å². The summed E-state index contributed by atoms with van der Waals surface area (Å²) in [5.41, 5.74) is 2.91. The number of pyridine rings is 1. The van der Waals surface area contributed by atoms with Crippen molar-refractivity contribution in [3.8, 4) is 0 Å². The molecule has 0 unspecified atom stereocenters. The number of aromatic nitrogens is 1. The highest BCUT2D eigenvalue weighted by Gasteiger charge is 2.34. The lowest BCUT2D eigenvalue weighted by Gasteiger charge is -2.32. The first-order valence-corrected chi connectivity index (χ1v) is 11.7. The molecule has 2 aromatic rings. The standard InChI is InChI=1S/C25H33F2N5O/c1-19-17-31(14-11-28-19)18-20-3-6-22(7-4-20)30(2)24(33)15-21-5-8-23(29-16-21)32-12-9-25(26,27)10-13-32/h3-8,16,19,28H,9-15,17-18H2,1-2H3/t19-/m0/s1. The molecular weight excluding hydrogens is 424 g/mol. The molecule has 0 bridgehead atoms. The van der Waals surface area contributed by atoms with Gasteiger partial charge in [-0.1, -0.05) is 18.2 Å². The van der Waals surface area contributed by atoms with Crippen molar-refractivity contribution in [1.82, 2.24) is 15.2 Å². The highest BCUT2D eigenvalue weighted by Crippen LogP contribution is 2.29. The number of rotatable bonds is 6. The first-order valence-electron chi connectivity index (χ1n) is 11.7. The van der Waals surface area contributed by atoms with Gasteiger partial charge in [0.05, 0.1) is 6.42 Å². The second kappa shape index (κ2) is 10.1. The van der Waals surface area contributed by atoms with Gasteiger partial charge in [-0.25, -0.2) is 13.8 Å². The quantitative estimate of drug-likeness (QED) is 0.721. The molecule has 33 heavy (non-hydrogen) atoms. The van der Waals surface area contributed by atoms with Crippen molar-refractivity contribution in [3.05, 3.63) is 53.7 Å². The van der Waals surface area contributed by atoms with Crippen LogP contribution in [0.2, 0.25) is 0 Å². The van der Waals surface area contributed by atoms with Crippen LogP contribution in [0.4, 0.5) is 20.3 Å². The molecule has 2 aliphatic rings. The van der Waals surface area contributed by atoms with Crippen molar-refractivity contribution in [2.75, 3.05) is 49.6 Å². The van der Waals surface area contributed by atoms with Crippen LogP contribution in [0.3, 0.4) is 0 Å². The van der Waals surface area contributed by atoms with Gasteiger partial charge in [0, 0.05) is 77.1 Å². The molecule has 0 aliphatic carbocycles. The summed E-state index contributed by atoms with van der Waals surface area (Å²) in [6, 6.07) is 12.3. The summed E-state index contributed by atoms with van der Waals surface area (Å²) in [5, 5.41) is 3.46. The maximum Gasteiger partial charge on any atom is 0.251 e. The van der Waals surface area contributed by atoms with E-state index in [-0.39, 0.29) is 25.2 Å². The fourth-order valence-electron chi connectivity index (χ4n) is 4.45. The third-order valence-corrected chi connectivity index (χ3v) is 6.54. The number of benzene rings is 1. The van der Waals surface area contributed by atoms with Crippen molar-refractivity contribution in [2.24, 2.45) is 0 Å². The second-order valence-corrected chi connectivity index (χ2v) is 9.25. The Labute approximate surface area is 194 Å². The molecule has 6 nitrogen and oxygen atoms in total. The zero-order valence-corrected chi connectivity index (χ0v) is 19.4. The molecule has 2 saturated heterocycles. The maximum absolute atomic E-state index is 13.4. The SMILES string of the molecule is C[C@H]1CN(Cc2ccc(N(C)C(=O)Cc3ccc(N4CCC(F)(F)CC4)nc3)cc2)CCN1. The maximum atomic E-state index is 13.4. The van der Waals surface area contributed by atoms with Gasteiger partial charge in [-0.2, -0.15) is 0 Å². The Morgan fingerprint density at radius 2 is 1.82 bits per heavy atom. The number of alkyl halides is 2. The molecule has 0 spiro atoms. The number of piperidine rings is 1. The Kier molecular flexibility index (Phi) is 7.24. The average Bonchev–Trinajstić information content (AvgIpc) is 2.80. The van der Waals surface area contributed by atoms with Crippen LogP contribution in [-0.4, -0.2) is 67.5 Å². The Morgan fingerprint density at radius 1 is 1.12 bits per heavy atom. The minimum Gasteiger partial charge on any atom is -0.356 e. The Morgan fingerprint density at radius 3 is 2.45 bits per heavy atom. The van der Waals surface area contributed by atoms with Gasteiger partial charge in [-0.15, -0.1) is 0 Å². The minimum absolute atomic E-state index is 0.0224. The monoisotopic (exact) mass is 457 g/mol. The number of nitrogens with zero attached hydrogens (tertiary/aromatic N) is 4. The number of nitrogens with one attached hydrogen (secondary N) is 1. The Balaban J connectivity index is 1.30. The lowest BCUT2D eigenvalue weighted by molar-refractivity contribution is -0.117. The molecule has 2 fully saturated rings. The normalized spacial score (nSPS) is 21.1. The molecule has 1 aromatic heterocycles. The summed E-state index contributed by atoms with van der Waals surface area (Å²) in [6.07, 6.45) is 1.62. The van der Waals surface area contributed by atoms with Gasteiger partial charge in [0.2, 0.25) is 5.91 Å². The van der Waals surface area contributed by atoms with Crippen LogP contribution in [0.1, 0.15) is 30.9 Å². The van der Waals surface area contributed by atoms with Crippen molar-refractivity contribution < 1.29 is 13.6 Å². The van der Waals surface area contributed by atoms with E-state index in [1.54, 1.807) is 18.1 Å². The lowest BCUT2D eigenvalue weighted by Crippen LogP contribution is -2.48. The van der Waals surface area contributed by atoms with Gasteiger partial charge < -0.3 is 15.1 Å². The van der Waals surface area contributed by atoms with Crippen molar-refractivity contribution >= 4 is 17.4 Å². The molecule has 0 saturated carbocycles. The number of piperazine rings is 1. The van der Waals surface area contributed by atoms with Crippen LogP contribution >= 0.6 is 0 Å². The highest BCUT2D eigenvalue weighted by molar-refractivity contribution is 5.94. The van der Waals surface area contributed by atoms with Crippen LogP contribution in [0.15, 0.2) is 42.6 Å². The van der Waals surface area contributed by atoms with E-state index in [4.69, 9.17) is 0 Å². The largest absolute Gasteiger partial charge is 0.356 e. The van der Waals surface area contributed by atoms with Crippen molar-refractivity contribution in [2.45, 2.75) is 44.7 Å². The molecule has 1 amide bonds. The number of halogens is 2. The molecule has 178 valence electrons. The summed E-state index contributed by atoms with van der Waals surface area (Å²) >= 11 is 0. The van der Waals surface area contributed by atoms with E-state index >= 15 is 0 Å². The van der Waals surface area contributed by atoms with E-state index in [0.717, 1.165) is 37.4 Å². The first-order chi connectivity index (χ1) is 15.8. The van der Waals surface area contributed by atoms with Crippen molar-refractivity contribution in [3.63, 3.8) is 0 Å². The van der Waals surface area contributed by atoms with Gasteiger partial charge in [0.15, 0.2) is 0 Å². The minimum atomic E-state index is -2.57. The number of hydrogen-bond acceptors (Lipinski definition) is 5.